The number of nitrogens with two attached hydrogens (primary N) is 1. The Morgan fingerprint density at radius 3 is 2.38 bits per heavy atom. The van der Waals surface area contributed by atoms with E-state index in [0.29, 0.717) is 33.9 Å². The summed E-state index contributed by atoms with van der Waals surface area (Å²) in [5.74, 6) is 1.05. The van der Waals surface area contributed by atoms with E-state index < -0.39 is 0 Å². The van der Waals surface area contributed by atoms with E-state index in [9.17, 15) is 0 Å². The fraction of sp³-hybridized carbons (Fsp3) is 0.0588. The average molecular weight is 360 g/mol. The second kappa shape index (κ2) is 7.38. The number of para-hydroxylation sites is 1. The van der Waals surface area contributed by atoms with Crippen molar-refractivity contribution in [2.24, 2.45) is 0 Å². The van der Waals surface area contributed by atoms with Crippen LogP contribution in [-0.2, 0) is 6.54 Å². The molecule has 0 saturated carbocycles. The van der Waals surface area contributed by atoms with Gasteiger partial charge in [-0.15, -0.1) is 0 Å². The first kappa shape index (κ1) is 16.4. The Balaban J connectivity index is 1.75. The number of aromatic nitrogens is 2. The van der Waals surface area contributed by atoms with E-state index in [1.54, 1.807) is 6.07 Å². The Labute approximate surface area is 149 Å². The molecule has 4 N–H and O–H groups in total. The van der Waals surface area contributed by atoms with Gasteiger partial charge in [-0.05, 0) is 29.8 Å². The quantitative estimate of drug-likeness (QED) is 0.614. The van der Waals surface area contributed by atoms with Gasteiger partial charge in [-0.2, -0.15) is 0 Å². The third-order valence-electron chi connectivity index (χ3n) is 3.38. The molecule has 1 aromatic heterocycles. The Bertz CT molecular complexity index is 837. The summed E-state index contributed by atoms with van der Waals surface area (Å²) in [5.41, 5.74) is 8.38. The number of hydrogen-bond acceptors (Lipinski definition) is 5. The van der Waals surface area contributed by atoms with Crippen LogP contribution in [0, 0.1) is 0 Å². The molecule has 3 aromatic rings. The molecule has 2 aromatic carbocycles. The van der Waals surface area contributed by atoms with Gasteiger partial charge in [0.2, 0.25) is 0 Å². The van der Waals surface area contributed by atoms with Crippen LogP contribution in [0.15, 0.2) is 54.9 Å². The van der Waals surface area contributed by atoms with Crippen LogP contribution in [0.3, 0.4) is 0 Å². The van der Waals surface area contributed by atoms with Crippen LogP contribution in [0.1, 0.15) is 5.56 Å². The molecule has 0 spiro atoms. The summed E-state index contributed by atoms with van der Waals surface area (Å²) >= 11 is 12.0. The van der Waals surface area contributed by atoms with Crippen LogP contribution in [0.5, 0.6) is 0 Å². The maximum Gasteiger partial charge on any atom is 0.159 e. The van der Waals surface area contributed by atoms with Crippen molar-refractivity contribution in [2.75, 3.05) is 16.4 Å². The Morgan fingerprint density at radius 2 is 1.62 bits per heavy atom. The minimum atomic E-state index is 0.423. The molecular weight excluding hydrogens is 345 g/mol. The second-order valence-corrected chi connectivity index (χ2v) is 5.91. The SMILES string of the molecule is Nc1c(NCc2ccc(Cl)cc2)ncnc1Nc1ccccc1Cl. The van der Waals surface area contributed by atoms with E-state index in [4.69, 9.17) is 28.9 Å². The van der Waals surface area contributed by atoms with Crippen LogP contribution in [0.4, 0.5) is 23.0 Å². The van der Waals surface area contributed by atoms with Crippen molar-refractivity contribution in [1.29, 1.82) is 0 Å². The van der Waals surface area contributed by atoms with Gasteiger partial charge < -0.3 is 16.4 Å². The number of halogens is 2. The normalized spacial score (nSPS) is 10.4. The molecule has 0 unspecified atom stereocenters. The van der Waals surface area contributed by atoms with Gasteiger partial charge in [0.25, 0.3) is 0 Å². The highest BCUT2D eigenvalue weighted by atomic mass is 35.5. The van der Waals surface area contributed by atoms with Gasteiger partial charge in [0, 0.05) is 11.6 Å². The number of rotatable bonds is 5. The number of anilines is 4. The highest BCUT2D eigenvalue weighted by molar-refractivity contribution is 6.33. The van der Waals surface area contributed by atoms with Crippen LogP contribution in [-0.4, -0.2) is 9.97 Å². The largest absolute Gasteiger partial charge is 0.393 e. The van der Waals surface area contributed by atoms with Crippen LogP contribution in [0.2, 0.25) is 10.0 Å². The standard InChI is InChI=1S/C17H15Cl2N5/c18-12-7-5-11(6-8-12)9-21-16-15(20)17(23-10-22-16)24-14-4-2-1-3-13(14)19/h1-8,10H,9,20H2,(H2,21,22,23,24). The van der Waals surface area contributed by atoms with Gasteiger partial charge in [0.15, 0.2) is 11.6 Å². The molecule has 7 heteroatoms. The highest BCUT2D eigenvalue weighted by Crippen LogP contribution is 2.29. The molecule has 0 saturated heterocycles. The van der Waals surface area contributed by atoms with Crippen molar-refractivity contribution in [2.45, 2.75) is 6.54 Å². The summed E-state index contributed by atoms with van der Waals surface area (Å²) in [6, 6.07) is 14.9. The Kier molecular flexibility index (Phi) is 5.03. The number of benzene rings is 2. The molecule has 0 bridgehead atoms. The van der Waals surface area contributed by atoms with Gasteiger partial charge in [0.1, 0.15) is 12.0 Å². The van der Waals surface area contributed by atoms with Gasteiger partial charge in [0.05, 0.1) is 10.7 Å². The van der Waals surface area contributed by atoms with E-state index in [1.165, 1.54) is 6.33 Å². The molecule has 0 radical (unpaired) electrons. The number of hydrogen-bond donors (Lipinski definition) is 3. The first-order valence-corrected chi connectivity index (χ1v) is 7.99. The lowest BCUT2D eigenvalue weighted by Gasteiger charge is -2.13. The van der Waals surface area contributed by atoms with E-state index in [1.807, 2.05) is 42.5 Å². The van der Waals surface area contributed by atoms with E-state index in [0.717, 1.165) is 11.3 Å². The van der Waals surface area contributed by atoms with Crippen molar-refractivity contribution in [3.05, 3.63) is 70.5 Å². The number of nitrogen functional groups attached to an aromatic ring is 1. The van der Waals surface area contributed by atoms with Crippen molar-refractivity contribution >= 4 is 46.2 Å². The average Bonchev–Trinajstić information content (AvgIpc) is 2.59. The minimum Gasteiger partial charge on any atom is -0.393 e. The molecule has 0 amide bonds. The predicted octanol–water partition coefficient (Wildman–Crippen LogP) is 4.72. The lowest BCUT2D eigenvalue weighted by Crippen LogP contribution is -2.08. The van der Waals surface area contributed by atoms with Gasteiger partial charge >= 0.3 is 0 Å². The van der Waals surface area contributed by atoms with Crippen LogP contribution >= 0.6 is 23.2 Å². The molecule has 3 rings (SSSR count). The topological polar surface area (TPSA) is 75.9 Å². The van der Waals surface area contributed by atoms with Crippen molar-refractivity contribution in [3.8, 4) is 0 Å². The maximum atomic E-state index is 6.16. The van der Waals surface area contributed by atoms with Crippen molar-refractivity contribution in [3.63, 3.8) is 0 Å². The first-order valence-electron chi connectivity index (χ1n) is 7.24. The van der Waals surface area contributed by atoms with Crippen molar-refractivity contribution in [1.82, 2.24) is 9.97 Å². The highest BCUT2D eigenvalue weighted by Gasteiger charge is 2.09. The van der Waals surface area contributed by atoms with Crippen LogP contribution < -0.4 is 16.4 Å². The van der Waals surface area contributed by atoms with E-state index in [2.05, 4.69) is 20.6 Å². The van der Waals surface area contributed by atoms with Gasteiger partial charge in [-0.3, -0.25) is 0 Å². The minimum absolute atomic E-state index is 0.423. The van der Waals surface area contributed by atoms with Gasteiger partial charge in [-0.1, -0.05) is 47.5 Å². The molecule has 0 aliphatic rings. The summed E-state index contributed by atoms with van der Waals surface area (Å²) in [6.45, 7) is 0.573. The Morgan fingerprint density at radius 1 is 0.917 bits per heavy atom. The fourth-order valence-electron chi connectivity index (χ4n) is 2.11. The molecule has 24 heavy (non-hydrogen) atoms. The van der Waals surface area contributed by atoms with E-state index >= 15 is 0 Å². The summed E-state index contributed by atoms with van der Waals surface area (Å²) < 4.78 is 0. The zero-order chi connectivity index (χ0) is 16.9. The second-order valence-electron chi connectivity index (χ2n) is 5.07. The van der Waals surface area contributed by atoms with Gasteiger partial charge in [-0.25, -0.2) is 9.97 Å². The molecule has 5 nitrogen and oxygen atoms in total. The van der Waals surface area contributed by atoms with E-state index in [-0.39, 0.29) is 0 Å². The zero-order valence-electron chi connectivity index (χ0n) is 12.6. The number of nitrogens with zero attached hydrogens (tertiary/aromatic N) is 2. The molecule has 0 aliphatic heterocycles. The molecule has 0 atom stereocenters. The summed E-state index contributed by atoms with van der Waals surface area (Å²) in [4.78, 5) is 8.37. The summed E-state index contributed by atoms with van der Waals surface area (Å²) in [5, 5.41) is 7.61. The Hall–Kier alpha value is -2.50. The molecule has 122 valence electrons. The fourth-order valence-corrected chi connectivity index (χ4v) is 2.42. The maximum absolute atomic E-state index is 6.16. The zero-order valence-corrected chi connectivity index (χ0v) is 14.1. The third-order valence-corrected chi connectivity index (χ3v) is 3.97. The predicted molar refractivity (Wildman–Crippen MR) is 100.0 cm³/mol. The summed E-state index contributed by atoms with van der Waals surface area (Å²) in [7, 11) is 0. The first-order chi connectivity index (χ1) is 11.6. The van der Waals surface area contributed by atoms with Crippen LogP contribution in [0.25, 0.3) is 0 Å². The van der Waals surface area contributed by atoms with Crippen molar-refractivity contribution < 1.29 is 0 Å². The smallest absolute Gasteiger partial charge is 0.159 e. The monoisotopic (exact) mass is 359 g/mol. The lowest BCUT2D eigenvalue weighted by molar-refractivity contribution is 1.09. The third kappa shape index (κ3) is 3.88. The number of nitrogens with one attached hydrogen (secondary N) is 2. The molecule has 1 heterocycles. The molecule has 0 aliphatic carbocycles. The molecular formula is C17H15Cl2N5. The molecule has 0 fully saturated rings. The summed E-state index contributed by atoms with van der Waals surface area (Å²) in [6.07, 6.45) is 1.44. The lowest BCUT2D eigenvalue weighted by atomic mass is 10.2.